The molecule has 0 spiro atoms. The average molecular weight is 277 g/mol. The van der Waals surface area contributed by atoms with E-state index < -0.39 is 16.1 Å². The lowest BCUT2D eigenvalue weighted by atomic mass is 10.0. The summed E-state index contributed by atoms with van der Waals surface area (Å²) in [4.78, 5) is 13.8. The van der Waals surface area contributed by atoms with Gasteiger partial charge in [-0.15, -0.1) is 0 Å². The molecule has 0 saturated carbocycles. The van der Waals surface area contributed by atoms with Gasteiger partial charge in [-0.2, -0.15) is 0 Å². The number of nitrogens with zero attached hydrogens (tertiary/aromatic N) is 1. The lowest BCUT2D eigenvalue weighted by molar-refractivity contribution is -0.136. The minimum absolute atomic E-state index is 0.0708. The van der Waals surface area contributed by atoms with Crippen LogP contribution in [0, 0.1) is 0 Å². The zero-order chi connectivity index (χ0) is 13.8. The third-order valence-corrected chi connectivity index (χ3v) is 3.94. The number of amides is 1. The highest BCUT2D eigenvalue weighted by atomic mass is 32.2. The molecule has 1 amide bonds. The third kappa shape index (κ3) is 4.55. The molecule has 1 aliphatic heterocycles. The van der Waals surface area contributed by atoms with Crippen LogP contribution in [0.1, 0.15) is 32.6 Å². The van der Waals surface area contributed by atoms with E-state index >= 15 is 0 Å². The van der Waals surface area contributed by atoms with E-state index in [0.29, 0.717) is 13.0 Å². The van der Waals surface area contributed by atoms with Crippen LogP contribution in [0.2, 0.25) is 0 Å². The normalized spacial score (nSPS) is 22.8. The van der Waals surface area contributed by atoms with Gasteiger partial charge in [-0.05, 0) is 25.7 Å². The van der Waals surface area contributed by atoms with Crippen LogP contribution in [0.4, 0.5) is 0 Å². The summed E-state index contributed by atoms with van der Waals surface area (Å²) < 4.78 is 24.7. The van der Waals surface area contributed by atoms with Crippen LogP contribution in [0.25, 0.3) is 0 Å². The fourth-order valence-electron chi connectivity index (χ4n) is 2.14. The van der Waals surface area contributed by atoms with Gasteiger partial charge in [-0.3, -0.25) is 4.79 Å². The first-order valence-electron chi connectivity index (χ1n) is 6.36. The maximum absolute atomic E-state index is 12.1. The van der Waals surface area contributed by atoms with Gasteiger partial charge in [-0.1, -0.05) is 6.92 Å². The molecule has 0 aromatic rings. The van der Waals surface area contributed by atoms with Crippen molar-refractivity contribution in [3.8, 4) is 0 Å². The average Bonchev–Trinajstić information content (AvgIpc) is 2.34. The predicted octanol–water partition coefficient (Wildman–Crippen LogP) is -0.346. The van der Waals surface area contributed by atoms with Crippen LogP contribution in [0.15, 0.2) is 0 Å². The van der Waals surface area contributed by atoms with Crippen molar-refractivity contribution in [2.75, 3.05) is 19.3 Å². The number of nitrogens with one attached hydrogen (secondary N) is 1. The van der Waals surface area contributed by atoms with Gasteiger partial charge in [-0.25, -0.2) is 13.1 Å². The minimum Gasteiger partial charge on any atom is -0.337 e. The van der Waals surface area contributed by atoms with Gasteiger partial charge < -0.3 is 10.6 Å². The lowest BCUT2D eigenvalue weighted by Gasteiger charge is -2.37. The second kappa shape index (κ2) is 6.49. The molecule has 18 heavy (non-hydrogen) atoms. The van der Waals surface area contributed by atoms with Crippen molar-refractivity contribution in [3.63, 3.8) is 0 Å². The summed E-state index contributed by atoms with van der Waals surface area (Å²) in [5.41, 5.74) is 5.76. The number of sulfonamides is 1. The van der Waals surface area contributed by atoms with E-state index in [1.165, 1.54) is 0 Å². The Kier molecular flexibility index (Phi) is 5.55. The lowest BCUT2D eigenvalue weighted by Crippen LogP contribution is -2.53. The molecule has 1 aliphatic rings. The molecule has 1 fully saturated rings. The molecule has 3 N–H and O–H groups in total. The van der Waals surface area contributed by atoms with Crippen LogP contribution in [-0.4, -0.2) is 50.7 Å². The maximum atomic E-state index is 12.1. The summed E-state index contributed by atoms with van der Waals surface area (Å²) in [6, 6.07) is -0.553. The Hall–Kier alpha value is -0.660. The highest BCUT2D eigenvalue weighted by Crippen LogP contribution is 2.17. The van der Waals surface area contributed by atoms with Crippen molar-refractivity contribution < 1.29 is 13.2 Å². The smallest absolute Gasteiger partial charge is 0.239 e. The number of nitrogens with two attached hydrogens (primary N) is 1. The van der Waals surface area contributed by atoms with Crippen molar-refractivity contribution in [2.24, 2.45) is 5.73 Å². The quantitative estimate of drug-likeness (QED) is 0.718. The molecule has 1 saturated heterocycles. The van der Waals surface area contributed by atoms with Crippen molar-refractivity contribution in [1.82, 2.24) is 9.62 Å². The van der Waals surface area contributed by atoms with Crippen molar-refractivity contribution in [2.45, 2.75) is 44.7 Å². The summed E-state index contributed by atoms with van der Waals surface area (Å²) in [5, 5.41) is 0. The van der Waals surface area contributed by atoms with Gasteiger partial charge in [0.05, 0.1) is 12.3 Å². The van der Waals surface area contributed by atoms with Gasteiger partial charge >= 0.3 is 0 Å². The molecule has 1 unspecified atom stereocenters. The molecule has 0 bridgehead atoms. The summed E-state index contributed by atoms with van der Waals surface area (Å²) in [5.74, 6) is -0.0718. The Morgan fingerprint density at radius 1 is 1.50 bits per heavy atom. The number of hydrogen-bond acceptors (Lipinski definition) is 4. The first-order valence-corrected chi connectivity index (χ1v) is 8.25. The summed E-state index contributed by atoms with van der Waals surface area (Å²) in [6.07, 6.45) is 4.52. The predicted molar refractivity (Wildman–Crippen MR) is 70.5 cm³/mol. The Bertz CT molecular complexity index is 383. The van der Waals surface area contributed by atoms with Crippen molar-refractivity contribution in [3.05, 3.63) is 0 Å². The number of carbonyl (C=O) groups is 1. The first-order chi connectivity index (χ1) is 8.35. The van der Waals surface area contributed by atoms with Crippen LogP contribution >= 0.6 is 0 Å². The first kappa shape index (κ1) is 15.4. The van der Waals surface area contributed by atoms with Gasteiger partial charge in [0.2, 0.25) is 15.9 Å². The van der Waals surface area contributed by atoms with E-state index in [1.54, 1.807) is 4.90 Å². The molecule has 0 aromatic carbocycles. The van der Waals surface area contributed by atoms with Crippen LogP contribution < -0.4 is 10.5 Å². The summed E-state index contributed by atoms with van der Waals surface area (Å²) in [7, 11) is -3.22. The molecule has 6 nitrogen and oxygen atoms in total. The zero-order valence-corrected chi connectivity index (χ0v) is 11.9. The second-order valence-corrected chi connectivity index (χ2v) is 6.65. The Morgan fingerprint density at radius 3 is 2.72 bits per heavy atom. The molecule has 0 radical (unpaired) electrons. The monoisotopic (exact) mass is 277 g/mol. The molecular formula is C11H23N3O3S. The van der Waals surface area contributed by atoms with Gasteiger partial charge in [0.15, 0.2) is 0 Å². The number of carbonyl (C=O) groups excluding carboxylic acids is 1. The van der Waals surface area contributed by atoms with Crippen LogP contribution in [0.3, 0.4) is 0 Å². The minimum atomic E-state index is -3.22. The molecule has 0 aromatic heterocycles. The van der Waals surface area contributed by atoms with E-state index in [1.807, 2.05) is 6.92 Å². The fraction of sp³-hybridized carbons (Fsp3) is 0.909. The standard InChI is InChI=1S/C11H23N3O3S/c1-3-10(12)11(15)14-7-5-4-6-9(14)8-13-18(2,16)17/h9-10,13H,3-8,12H2,1-2H3/t9?,10-/m1/s1. The fourth-order valence-corrected chi connectivity index (χ4v) is 2.63. The Morgan fingerprint density at radius 2 is 2.17 bits per heavy atom. The highest BCUT2D eigenvalue weighted by Gasteiger charge is 2.29. The van der Waals surface area contributed by atoms with E-state index in [4.69, 9.17) is 5.73 Å². The van der Waals surface area contributed by atoms with Crippen LogP contribution in [-0.2, 0) is 14.8 Å². The number of rotatable bonds is 5. The van der Waals surface area contributed by atoms with Crippen LogP contribution in [0.5, 0.6) is 0 Å². The summed E-state index contributed by atoms with van der Waals surface area (Å²) in [6.45, 7) is 2.82. The molecule has 1 heterocycles. The second-order valence-electron chi connectivity index (χ2n) is 4.82. The third-order valence-electron chi connectivity index (χ3n) is 3.25. The van der Waals surface area contributed by atoms with E-state index in [9.17, 15) is 13.2 Å². The topological polar surface area (TPSA) is 92.5 Å². The molecule has 106 valence electrons. The van der Waals surface area contributed by atoms with E-state index in [-0.39, 0.29) is 18.5 Å². The van der Waals surface area contributed by atoms with E-state index in [0.717, 1.165) is 25.5 Å². The zero-order valence-electron chi connectivity index (χ0n) is 11.1. The molecule has 0 aliphatic carbocycles. The number of hydrogen-bond donors (Lipinski definition) is 2. The van der Waals surface area contributed by atoms with Gasteiger partial charge in [0.1, 0.15) is 0 Å². The number of likely N-dealkylation sites (tertiary alicyclic amines) is 1. The van der Waals surface area contributed by atoms with Crippen molar-refractivity contribution >= 4 is 15.9 Å². The Labute approximate surface area is 109 Å². The Balaban J connectivity index is 2.65. The molecular weight excluding hydrogens is 254 g/mol. The van der Waals surface area contributed by atoms with E-state index in [2.05, 4.69) is 4.72 Å². The molecule has 1 rings (SSSR count). The highest BCUT2D eigenvalue weighted by molar-refractivity contribution is 7.88. The van der Waals surface area contributed by atoms with Crippen molar-refractivity contribution in [1.29, 1.82) is 0 Å². The largest absolute Gasteiger partial charge is 0.337 e. The summed E-state index contributed by atoms with van der Waals surface area (Å²) >= 11 is 0. The number of piperidine rings is 1. The SMILES string of the molecule is CC[C@@H](N)C(=O)N1CCCCC1CNS(C)(=O)=O. The maximum Gasteiger partial charge on any atom is 0.239 e. The van der Waals surface area contributed by atoms with Gasteiger partial charge in [0.25, 0.3) is 0 Å². The van der Waals surface area contributed by atoms with Gasteiger partial charge in [0, 0.05) is 19.1 Å². The molecule has 2 atom stereocenters. The molecule has 7 heteroatoms.